The zero-order chi connectivity index (χ0) is 25.2. The van der Waals surface area contributed by atoms with Gasteiger partial charge in [-0.25, -0.2) is 0 Å². The highest BCUT2D eigenvalue weighted by atomic mass is 32.1. The highest BCUT2D eigenvalue weighted by molar-refractivity contribution is 7.15. The van der Waals surface area contributed by atoms with E-state index in [1.807, 2.05) is 32.0 Å². The molecule has 2 N–H and O–H groups in total. The molecule has 10 nitrogen and oxygen atoms in total. The fourth-order valence-corrected chi connectivity index (χ4v) is 4.88. The lowest BCUT2D eigenvalue weighted by Gasteiger charge is -2.31. The van der Waals surface area contributed by atoms with Gasteiger partial charge in [0.25, 0.3) is 11.8 Å². The number of likely N-dealkylation sites (tertiary alicyclic amines) is 1. The van der Waals surface area contributed by atoms with Gasteiger partial charge in [-0.1, -0.05) is 23.5 Å². The number of amides is 3. The molecule has 1 aromatic heterocycles. The molecular formula is C25H25N5O5S. The average Bonchev–Trinajstić information content (AvgIpc) is 3.55. The molecule has 0 radical (unpaired) electrons. The van der Waals surface area contributed by atoms with Gasteiger partial charge in [0.1, 0.15) is 0 Å². The lowest BCUT2D eigenvalue weighted by molar-refractivity contribution is -0.121. The zero-order valence-corrected chi connectivity index (χ0v) is 20.7. The first-order valence-corrected chi connectivity index (χ1v) is 12.4. The molecule has 0 bridgehead atoms. The molecule has 3 amide bonds. The first kappa shape index (κ1) is 23.7. The Morgan fingerprint density at radius 3 is 2.67 bits per heavy atom. The minimum Gasteiger partial charge on any atom is -0.454 e. The third-order valence-electron chi connectivity index (χ3n) is 6.16. The van der Waals surface area contributed by atoms with E-state index in [9.17, 15) is 14.4 Å². The topological polar surface area (TPSA) is 123 Å². The van der Waals surface area contributed by atoms with Gasteiger partial charge in [-0.3, -0.25) is 14.4 Å². The molecular weight excluding hydrogens is 482 g/mol. The van der Waals surface area contributed by atoms with Gasteiger partial charge in [0.2, 0.25) is 22.7 Å². The molecule has 11 heteroatoms. The summed E-state index contributed by atoms with van der Waals surface area (Å²) in [6, 6.07) is 11.0. The minimum absolute atomic E-state index is 0.0669. The van der Waals surface area contributed by atoms with Crippen LogP contribution in [0.25, 0.3) is 0 Å². The Morgan fingerprint density at radius 2 is 1.81 bits per heavy atom. The normalized spacial score (nSPS) is 16.5. The summed E-state index contributed by atoms with van der Waals surface area (Å²) in [4.78, 5) is 40.3. The maximum Gasteiger partial charge on any atom is 0.286 e. The van der Waals surface area contributed by atoms with Crippen LogP contribution in [-0.4, -0.2) is 52.7 Å². The molecule has 2 aliphatic heterocycles. The third kappa shape index (κ3) is 5.01. The highest BCUT2D eigenvalue weighted by Gasteiger charge is 2.31. The van der Waals surface area contributed by atoms with Crippen molar-refractivity contribution in [2.75, 3.05) is 30.5 Å². The van der Waals surface area contributed by atoms with Crippen molar-refractivity contribution in [3.8, 4) is 11.5 Å². The molecule has 0 saturated carbocycles. The van der Waals surface area contributed by atoms with Crippen LogP contribution in [0.3, 0.4) is 0 Å². The molecule has 2 aromatic carbocycles. The number of nitrogens with zero attached hydrogens (tertiary/aromatic N) is 3. The van der Waals surface area contributed by atoms with E-state index in [2.05, 4.69) is 20.8 Å². The van der Waals surface area contributed by atoms with Gasteiger partial charge in [0.15, 0.2) is 11.5 Å². The molecule has 36 heavy (non-hydrogen) atoms. The Morgan fingerprint density at radius 1 is 1.00 bits per heavy atom. The Balaban J connectivity index is 1.21. The monoisotopic (exact) mass is 507 g/mol. The zero-order valence-electron chi connectivity index (χ0n) is 19.9. The van der Waals surface area contributed by atoms with E-state index in [-0.39, 0.29) is 41.1 Å². The van der Waals surface area contributed by atoms with Gasteiger partial charge < -0.3 is 25.0 Å². The van der Waals surface area contributed by atoms with Crippen molar-refractivity contribution in [1.29, 1.82) is 0 Å². The van der Waals surface area contributed by atoms with Crippen molar-refractivity contribution in [2.24, 2.45) is 5.92 Å². The van der Waals surface area contributed by atoms with Crippen LogP contribution < -0.4 is 20.1 Å². The van der Waals surface area contributed by atoms with Gasteiger partial charge in [-0.15, -0.1) is 10.2 Å². The lowest BCUT2D eigenvalue weighted by Crippen LogP contribution is -2.43. The van der Waals surface area contributed by atoms with Gasteiger partial charge in [-0.2, -0.15) is 0 Å². The quantitative estimate of drug-likeness (QED) is 0.541. The predicted molar refractivity (Wildman–Crippen MR) is 134 cm³/mol. The van der Waals surface area contributed by atoms with Crippen LogP contribution in [0.5, 0.6) is 11.5 Å². The van der Waals surface area contributed by atoms with Crippen LogP contribution in [0, 0.1) is 19.8 Å². The second-order valence-electron chi connectivity index (χ2n) is 8.83. The summed E-state index contributed by atoms with van der Waals surface area (Å²) < 4.78 is 10.6. The Labute approximate surface area is 211 Å². The minimum atomic E-state index is -0.477. The molecule has 2 aliphatic rings. The number of hydrogen-bond acceptors (Lipinski definition) is 8. The van der Waals surface area contributed by atoms with E-state index in [0.717, 1.165) is 28.2 Å². The average molecular weight is 508 g/mol. The molecule has 3 aromatic rings. The van der Waals surface area contributed by atoms with E-state index in [1.165, 1.54) is 0 Å². The van der Waals surface area contributed by atoms with Crippen molar-refractivity contribution in [1.82, 2.24) is 15.1 Å². The number of hydrogen-bond donors (Lipinski definition) is 2. The molecule has 0 aliphatic carbocycles. The number of carbonyl (C=O) groups is 3. The predicted octanol–water partition coefficient (Wildman–Crippen LogP) is 3.63. The number of rotatable bonds is 5. The number of benzene rings is 2. The van der Waals surface area contributed by atoms with Gasteiger partial charge >= 0.3 is 0 Å². The molecule has 1 saturated heterocycles. The number of anilines is 2. The SMILES string of the molecule is Cc1ccc(C)c(NC(=O)[C@@H]2CCCN(C(=O)c3nnc(C(=O)Nc4ccc5c(c4)OCO5)s3)C2)c1. The van der Waals surface area contributed by atoms with Gasteiger partial charge in [0.05, 0.1) is 5.92 Å². The van der Waals surface area contributed by atoms with Crippen LogP contribution in [0.15, 0.2) is 36.4 Å². The van der Waals surface area contributed by atoms with E-state index >= 15 is 0 Å². The van der Waals surface area contributed by atoms with Crippen LogP contribution in [0.1, 0.15) is 43.6 Å². The Hall–Kier alpha value is -3.99. The first-order chi connectivity index (χ1) is 17.4. The Bertz CT molecular complexity index is 1340. The van der Waals surface area contributed by atoms with Gasteiger partial charge in [0, 0.05) is 30.5 Å². The van der Waals surface area contributed by atoms with E-state index < -0.39 is 5.91 Å². The number of nitrogens with one attached hydrogen (secondary N) is 2. The van der Waals surface area contributed by atoms with E-state index in [4.69, 9.17) is 9.47 Å². The molecule has 5 rings (SSSR count). The fourth-order valence-electron chi connectivity index (χ4n) is 4.18. The van der Waals surface area contributed by atoms with E-state index in [1.54, 1.807) is 23.1 Å². The summed E-state index contributed by atoms with van der Waals surface area (Å²) in [5, 5.41) is 13.8. The Kier molecular flexibility index (Phi) is 6.55. The number of aryl methyl sites for hydroxylation is 2. The van der Waals surface area contributed by atoms with Crippen molar-refractivity contribution in [3.63, 3.8) is 0 Å². The molecule has 0 unspecified atom stereocenters. The lowest BCUT2D eigenvalue weighted by atomic mass is 9.96. The second-order valence-corrected chi connectivity index (χ2v) is 9.81. The van der Waals surface area contributed by atoms with Crippen LogP contribution in [-0.2, 0) is 4.79 Å². The maximum absolute atomic E-state index is 13.1. The molecule has 0 spiro atoms. The third-order valence-corrected chi connectivity index (χ3v) is 7.07. The summed E-state index contributed by atoms with van der Waals surface area (Å²) >= 11 is 0.921. The highest BCUT2D eigenvalue weighted by Crippen LogP contribution is 2.34. The van der Waals surface area contributed by atoms with Crippen LogP contribution in [0.4, 0.5) is 11.4 Å². The molecule has 186 valence electrons. The molecule has 3 heterocycles. The van der Waals surface area contributed by atoms with Crippen molar-refractivity contribution in [3.05, 3.63) is 57.5 Å². The standard InChI is InChI=1S/C25H25N5O5S/c1-14-5-6-15(2)18(10-14)27-21(31)16-4-3-9-30(12-16)25(33)24-29-28-23(36-24)22(32)26-17-7-8-19-20(11-17)35-13-34-19/h5-8,10-11,16H,3-4,9,12-13H2,1-2H3,(H,26,32)(H,27,31)/t16-/m1/s1. The number of aromatic nitrogens is 2. The van der Waals surface area contributed by atoms with Gasteiger partial charge in [-0.05, 0) is 56.0 Å². The fraction of sp³-hybridized carbons (Fsp3) is 0.320. The maximum atomic E-state index is 13.1. The summed E-state index contributed by atoms with van der Waals surface area (Å²) in [6.07, 6.45) is 1.40. The molecule has 1 atom stereocenters. The van der Waals surface area contributed by atoms with Crippen molar-refractivity contribution in [2.45, 2.75) is 26.7 Å². The number of piperidine rings is 1. The number of fused-ring (bicyclic) bond motifs is 1. The largest absolute Gasteiger partial charge is 0.454 e. The molecule has 1 fully saturated rings. The van der Waals surface area contributed by atoms with Crippen molar-refractivity contribution < 1.29 is 23.9 Å². The summed E-state index contributed by atoms with van der Waals surface area (Å²) in [7, 11) is 0. The van der Waals surface area contributed by atoms with Crippen molar-refractivity contribution >= 4 is 40.4 Å². The summed E-state index contributed by atoms with van der Waals surface area (Å²) in [6.45, 7) is 4.86. The second kappa shape index (κ2) is 9.94. The first-order valence-electron chi connectivity index (χ1n) is 11.6. The number of ether oxygens (including phenoxy) is 2. The van der Waals surface area contributed by atoms with E-state index in [0.29, 0.717) is 36.6 Å². The number of carbonyl (C=O) groups excluding carboxylic acids is 3. The summed E-state index contributed by atoms with van der Waals surface area (Å²) in [5.74, 6) is -0.0956. The smallest absolute Gasteiger partial charge is 0.286 e. The van der Waals surface area contributed by atoms with Crippen LogP contribution in [0.2, 0.25) is 0 Å². The summed E-state index contributed by atoms with van der Waals surface area (Å²) in [5.41, 5.74) is 3.34. The van der Waals surface area contributed by atoms with Crippen LogP contribution >= 0.6 is 11.3 Å².